The van der Waals surface area contributed by atoms with Gasteiger partial charge in [-0.25, -0.2) is 4.79 Å². The molecule has 0 heterocycles. The molecule has 0 unspecified atom stereocenters. The highest BCUT2D eigenvalue weighted by atomic mass is 16.7. The molecule has 1 aliphatic rings. The number of hydrogen-bond acceptors (Lipinski definition) is 4. The largest absolute Gasteiger partial charge is 0.366 e. The summed E-state index contributed by atoms with van der Waals surface area (Å²) < 4.78 is 0. The lowest BCUT2D eigenvalue weighted by molar-refractivity contribution is -0.110. The maximum absolute atomic E-state index is 11.8. The van der Waals surface area contributed by atoms with Crippen molar-refractivity contribution in [3.63, 3.8) is 0 Å². The minimum absolute atomic E-state index is 0.0957. The van der Waals surface area contributed by atoms with E-state index in [0.717, 1.165) is 5.56 Å². The molecule has 0 radical (unpaired) electrons. The van der Waals surface area contributed by atoms with Crippen molar-refractivity contribution in [1.82, 2.24) is 0 Å². The smallest absolute Gasteiger partial charge is 0.312 e. The van der Waals surface area contributed by atoms with Crippen LogP contribution in [0.4, 0.5) is 0 Å². The molecule has 1 aromatic carbocycles. The molecular weight excluding hydrogens is 242 g/mol. The molecule has 0 bridgehead atoms. The Morgan fingerprint density at radius 1 is 1.16 bits per heavy atom. The zero-order valence-electron chi connectivity index (χ0n) is 10.7. The molecule has 19 heavy (non-hydrogen) atoms. The van der Waals surface area contributed by atoms with E-state index >= 15 is 0 Å². The fraction of sp³-hybridized carbons (Fsp3) is 0.133. The minimum atomic E-state index is -0.510. The summed E-state index contributed by atoms with van der Waals surface area (Å²) in [5.41, 5.74) is 2.45. The molecule has 0 saturated heterocycles. The molecule has 2 rings (SSSR count). The van der Waals surface area contributed by atoms with Gasteiger partial charge in [0.25, 0.3) is 0 Å². The van der Waals surface area contributed by atoms with Crippen LogP contribution in [0.1, 0.15) is 22.8 Å². The number of carbonyl (C=O) groups excluding carboxylic acids is 2. The van der Waals surface area contributed by atoms with Gasteiger partial charge in [0.2, 0.25) is 0 Å². The summed E-state index contributed by atoms with van der Waals surface area (Å²) in [5.74, 6) is -0.606. The summed E-state index contributed by atoms with van der Waals surface area (Å²) in [6.07, 6.45) is 4.36. The van der Waals surface area contributed by atoms with Crippen molar-refractivity contribution in [2.24, 2.45) is 5.16 Å². The predicted octanol–water partition coefficient (Wildman–Crippen LogP) is 2.59. The second-order valence-corrected chi connectivity index (χ2v) is 4.23. The van der Waals surface area contributed by atoms with Gasteiger partial charge in [-0.2, -0.15) is 0 Å². The number of rotatable bonds is 2. The van der Waals surface area contributed by atoms with Gasteiger partial charge in [0.1, 0.15) is 5.71 Å². The summed E-state index contributed by atoms with van der Waals surface area (Å²) in [6.45, 7) is 3.57. The molecule has 0 aliphatic heterocycles. The van der Waals surface area contributed by atoms with E-state index in [4.69, 9.17) is 4.84 Å². The highest BCUT2D eigenvalue weighted by molar-refractivity contribution is 6.19. The summed E-state index contributed by atoms with van der Waals surface area (Å²) in [5, 5.41) is 3.78. The van der Waals surface area contributed by atoms with E-state index < -0.39 is 5.97 Å². The van der Waals surface area contributed by atoms with Crippen molar-refractivity contribution in [2.45, 2.75) is 13.8 Å². The summed E-state index contributed by atoms with van der Waals surface area (Å²) >= 11 is 0. The van der Waals surface area contributed by atoms with E-state index in [-0.39, 0.29) is 5.78 Å². The van der Waals surface area contributed by atoms with E-state index in [2.05, 4.69) is 5.16 Å². The van der Waals surface area contributed by atoms with E-state index in [1.54, 1.807) is 19.1 Å². The van der Waals surface area contributed by atoms with Gasteiger partial charge in [-0.1, -0.05) is 23.4 Å². The van der Waals surface area contributed by atoms with Crippen molar-refractivity contribution in [3.8, 4) is 0 Å². The highest BCUT2D eigenvalue weighted by Gasteiger charge is 2.12. The average molecular weight is 255 g/mol. The molecule has 0 fully saturated rings. The Hall–Kier alpha value is -2.49. The lowest BCUT2D eigenvalue weighted by Gasteiger charge is -2.06. The first kappa shape index (κ1) is 13.0. The maximum atomic E-state index is 11.8. The number of nitrogens with zero attached hydrogens (tertiary/aromatic N) is 1. The number of benzene rings is 1. The lowest BCUT2D eigenvalue weighted by Crippen LogP contribution is -2.09. The zero-order chi connectivity index (χ0) is 13.8. The SMILES string of the molecule is CC1=CC(=O)C=C/C1=N/OC(=O)c1ccccc1C. The van der Waals surface area contributed by atoms with Crippen LogP contribution in [0.25, 0.3) is 0 Å². The third-order valence-electron chi connectivity index (χ3n) is 2.76. The first-order chi connectivity index (χ1) is 9.08. The molecule has 0 amide bonds. The summed E-state index contributed by atoms with van der Waals surface area (Å²) in [4.78, 5) is 27.8. The molecule has 0 atom stereocenters. The standard InChI is InChI=1S/C15H13NO3/c1-10-5-3-4-6-13(10)15(18)19-16-14-8-7-12(17)9-11(14)2/h3-9H,1-2H3/b16-14-. The second kappa shape index (κ2) is 5.44. The average Bonchev–Trinajstić information content (AvgIpc) is 2.38. The van der Waals surface area contributed by atoms with E-state index in [9.17, 15) is 9.59 Å². The van der Waals surface area contributed by atoms with Crippen LogP contribution in [0.3, 0.4) is 0 Å². The van der Waals surface area contributed by atoms with Crippen LogP contribution in [0, 0.1) is 6.92 Å². The lowest BCUT2D eigenvalue weighted by atomic mass is 10.1. The predicted molar refractivity (Wildman–Crippen MR) is 71.9 cm³/mol. The fourth-order valence-corrected chi connectivity index (χ4v) is 1.67. The third kappa shape index (κ3) is 3.04. The Bertz CT molecular complexity index is 624. The van der Waals surface area contributed by atoms with Crippen LogP contribution in [-0.2, 0) is 9.63 Å². The van der Waals surface area contributed by atoms with Gasteiger partial charge in [0, 0.05) is 0 Å². The molecule has 0 aromatic heterocycles. The molecule has 1 aliphatic carbocycles. The molecule has 0 N–H and O–H groups in total. The van der Waals surface area contributed by atoms with Gasteiger partial charge in [0.05, 0.1) is 5.56 Å². The quantitative estimate of drug-likeness (QED) is 0.463. The maximum Gasteiger partial charge on any atom is 0.366 e. The molecule has 0 spiro atoms. The first-order valence-electron chi connectivity index (χ1n) is 5.83. The van der Waals surface area contributed by atoms with E-state index in [0.29, 0.717) is 16.8 Å². The normalized spacial score (nSPS) is 16.4. The number of carbonyl (C=O) groups is 2. The topological polar surface area (TPSA) is 55.7 Å². The second-order valence-electron chi connectivity index (χ2n) is 4.23. The van der Waals surface area contributed by atoms with Gasteiger partial charge < -0.3 is 4.84 Å². The summed E-state index contributed by atoms with van der Waals surface area (Å²) in [7, 11) is 0. The van der Waals surface area contributed by atoms with Crippen LogP contribution < -0.4 is 0 Å². The minimum Gasteiger partial charge on any atom is -0.312 e. The van der Waals surface area contributed by atoms with Gasteiger partial charge in [0.15, 0.2) is 5.78 Å². The molecule has 4 heteroatoms. The Morgan fingerprint density at radius 2 is 1.89 bits per heavy atom. The molecule has 96 valence electrons. The number of hydrogen-bond donors (Lipinski definition) is 0. The Morgan fingerprint density at radius 3 is 2.58 bits per heavy atom. The van der Waals surface area contributed by atoms with Crippen molar-refractivity contribution in [1.29, 1.82) is 0 Å². The number of oxime groups is 1. The third-order valence-corrected chi connectivity index (χ3v) is 2.76. The van der Waals surface area contributed by atoms with Crippen LogP contribution in [-0.4, -0.2) is 17.5 Å². The molecular formula is C15H13NO3. The number of ketones is 1. The number of allylic oxidation sites excluding steroid dienone is 4. The van der Waals surface area contributed by atoms with E-state index in [1.165, 1.54) is 18.2 Å². The first-order valence-corrected chi connectivity index (χ1v) is 5.83. The van der Waals surface area contributed by atoms with Gasteiger partial charge >= 0.3 is 5.97 Å². The van der Waals surface area contributed by atoms with Gasteiger partial charge in [-0.05, 0) is 49.3 Å². The Kier molecular flexibility index (Phi) is 3.71. The Labute approximate surface area is 111 Å². The number of aryl methyl sites for hydroxylation is 1. The molecule has 1 aromatic rings. The van der Waals surface area contributed by atoms with Crippen LogP contribution in [0.2, 0.25) is 0 Å². The Balaban J connectivity index is 2.13. The van der Waals surface area contributed by atoms with Crippen LogP contribution in [0.15, 0.2) is 53.2 Å². The highest BCUT2D eigenvalue weighted by Crippen LogP contribution is 2.10. The van der Waals surface area contributed by atoms with E-state index in [1.807, 2.05) is 19.1 Å². The van der Waals surface area contributed by atoms with Crippen LogP contribution >= 0.6 is 0 Å². The fourth-order valence-electron chi connectivity index (χ4n) is 1.67. The van der Waals surface area contributed by atoms with Crippen molar-refractivity contribution in [3.05, 3.63) is 59.2 Å². The van der Waals surface area contributed by atoms with Gasteiger partial charge in [-0.15, -0.1) is 0 Å². The summed E-state index contributed by atoms with van der Waals surface area (Å²) in [6, 6.07) is 7.12. The molecule has 0 saturated carbocycles. The zero-order valence-corrected chi connectivity index (χ0v) is 10.7. The van der Waals surface area contributed by atoms with Crippen molar-refractivity contribution >= 4 is 17.5 Å². The van der Waals surface area contributed by atoms with Crippen molar-refractivity contribution < 1.29 is 14.4 Å². The van der Waals surface area contributed by atoms with Crippen LogP contribution in [0.5, 0.6) is 0 Å². The molecule has 4 nitrogen and oxygen atoms in total. The van der Waals surface area contributed by atoms with Gasteiger partial charge in [-0.3, -0.25) is 4.79 Å². The van der Waals surface area contributed by atoms with Crippen molar-refractivity contribution in [2.75, 3.05) is 0 Å². The monoisotopic (exact) mass is 255 g/mol.